The van der Waals surface area contributed by atoms with Crippen molar-refractivity contribution in [2.24, 2.45) is 0 Å². The Morgan fingerprint density at radius 1 is 1.11 bits per heavy atom. The first-order valence-corrected chi connectivity index (χ1v) is 8.05. The van der Waals surface area contributed by atoms with Crippen molar-refractivity contribution in [1.29, 1.82) is 0 Å². The summed E-state index contributed by atoms with van der Waals surface area (Å²) in [5, 5.41) is 4.89. The molecule has 0 bridgehead atoms. The van der Waals surface area contributed by atoms with Crippen molar-refractivity contribution in [2.45, 2.75) is 32.4 Å². The van der Waals surface area contributed by atoms with Crippen molar-refractivity contribution in [2.75, 3.05) is 0 Å². The van der Waals surface area contributed by atoms with Gasteiger partial charge in [-0.05, 0) is 43.0 Å². The molecule has 0 amide bonds. The van der Waals surface area contributed by atoms with Crippen LogP contribution in [0.25, 0.3) is 0 Å². The first-order valence-electron chi connectivity index (χ1n) is 6.48. The van der Waals surface area contributed by atoms with Crippen molar-refractivity contribution in [3.8, 4) is 0 Å². The van der Waals surface area contributed by atoms with Gasteiger partial charge in [0.15, 0.2) is 0 Å². The SMILES string of the molecule is Clc1cccc(Cl)c1CNCc1cc2c(s1)CCC2. The molecule has 1 N–H and O–H groups in total. The van der Waals surface area contributed by atoms with E-state index in [1.54, 1.807) is 10.4 Å². The van der Waals surface area contributed by atoms with Gasteiger partial charge in [0.1, 0.15) is 0 Å². The summed E-state index contributed by atoms with van der Waals surface area (Å²) in [6.07, 6.45) is 3.84. The Balaban J connectivity index is 1.61. The molecule has 0 unspecified atom stereocenters. The molecule has 0 fully saturated rings. The minimum Gasteiger partial charge on any atom is -0.308 e. The predicted octanol–water partition coefficient (Wildman–Crippen LogP) is 4.83. The van der Waals surface area contributed by atoms with Gasteiger partial charge in [-0.3, -0.25) is 0 Å². The molecule has 1 nitrogen and oxygen atoms in total. The second-order valence-corrected chi connectivity index (χ2v) is 6.85. The minimum absolute atomic E-state index is 0.709. The average Bonchev–Trinajstić information content (AvgIpc) is 2.93. The van der Waals surface area contributed by atoms with E-state index in [1.807, 2.05) is 29.5 Å². The van der Waals surface area contributed by atoms with Gasteiger partial charge in [-0.25, -0.2) is 0 Å². The van der Waals surface area contributed by atoms with Crippen molar-refractivity contribution in [3.05, 3.63) is 55.2 Å². The Labute approximate surface area is 127 Å². The van der Waals surface area contributed by atoms with E-state index in [-0.39, 0.29) is 0 Å². The fraction of sp³-hybridized carbons (Fsp3) is 0.333. The standard InChI is InChI=1S/C15H15Cl2NS/c16-13-4-2-5-14(17)12(13)9-18-8-11-7-10-3-1-6-15(10)19-11/h2,4-5,7,18H,1,3,6,8-9H2. The van der Waals surface area contributed by atoms with Crippen LogP contribution in [0.5, 0.6) is 0 Å². The van der Waals surface area contributed by atoms with Crippen LogP contribution in [0.2, 0.25) is 10.0 Å². The molecule has 0 saturated carbocycles. The van der Waals surface area contributed by atoms with Gasteiger partial charge < -0.3 is 5.32 Å². The van der Waals surface area contributed by atoms with Crippen LogP contribution in [0.15, 0.2) is 24.3 Å². The normalized spacial score (nSPS) is 13.8. The number of hydrogen-bond donors (Lipinski definition) is 1. The summed E-state index contributed by atoms with van der Waals surface area (Å²) in [5.74, 6) is 0. The third-order valence-corrected chi connectivity index (χ3v) is 5.41. The Morgan fingerprint density at radius 3 is 2.63 bits per heavy atom. The molecule has 100 valence electrons. The summed E-state index contributed by atoms with van der Waals surface area (Å²) in [4.78, 5) is 2.99. The zero-order valence-corrected chi connectivity index (χ0v) is 12.8. The largest absolute Gasteiger partial charge is 0.308 e. The van der Waals surface area contributed by atoms with E-state index in [9.17, 15) is 0 Å². The monoisotopic (exact) mass is 311 g/mol. The molecule has 1 aliphatic rings. The van der Waals surface area contributed by atoms with Crippen molar-refractivity contribution in [1.82, 2.24) is 5.32 Å². The van der Waals surface area contributed by atoms with Crippen molar-refractivity contribution < 1.29 is 0 Å². The molecule has 3 rings (SSSR count). The lowest BCUT2D eigenvalue weighted by atomic mass is 10.2. The third kappa shape index (κ3) is 2.97. The molecule has 1 heterocycles. The molecule has 0 aliphatic heterocycles. The molecule has 1 aromatic heterocycles. The summed E-state index contributed by atoms with van der Waals surface area (Å²) in [6, 6.07) is 7.97. The van der Waals surface area contributed by atoms with Gasteiger partial charge >= 0.3 is 0 Å². The van der Waals surface area contributed by atoms with E-state index in [2.05, 4.69) is 11.4 Å². The van der Waals surface area contributed by atoms with Gasteiger partial charge in [-0.2, -0.15) is 0 Å². The van der Waals surface area contributed by atoms with Crippen LogP contribution in [0.4, 0.5) is 0 Å². The van der Waals surface area contributed by atoms with Crippen LogP contribution >= 0.6 is 34.5 Å². The van der Waals surface area contributed by atoms with E-state index < -0.39 is 0 Å². The summed E-state index contributed by atoms with van der Waals surface area (Å²) < 4.78 is 0. The van der Waals surface area contributed by atoms with Gasteiger partial charge in [0.2, 0.25) is 0 Å². The summed E-state index contributed by atoms with van der Waals surface area (Å²) in [7, 11) is 0. The zero-order chi connectivity index (χ0) is 13.2. The smallest absolute Gasteiger partial charge is 0.0465 e. The number of hydrogen-bond acceptors (Lipinski definition) is 2. The van der Waals surface area contributed by atoms with E-state index in [0.717, 1.165) is 22.2 Å². The highest BCUT2D eigenvalue weighted by molar-refractivity contribution is 7.12. The predicted molar refractivity (Wildman–Crippen MR) is 83.3 cm³/mol. The van der Waals surface area contributed by atoms with Crippen LogP contribution in [0.1, 0.15) is 27.3 Å². The lowest BCUT2D eigenvalue weighted by Gasteiger charge is -2.07. The quantitative estimate of drug-likeness (QED) is 0.852. The maximum Gasteiger partial charge on any atom is 0.0465 e. The fourth-order valence-electron chi connectivity index (χ4n) is 2.49. The number of nitrogens with one attached hydrogen (secondary N) is 1. The highest BCUT2D eigenvalue weighted by atomic mass is 35.5. The molecule has 0 atom stereocenters. The highest BCUT2D eigenvalue weighted by Crippen LogP contribution is 2.30. The average molecular weight is 312 g/mol. The topological polar surface area (TPSA) is 12.0 Å². The zero-order valence-electron chi connectivity index (χ0n) is 10.5. The second-order valence-electron chi connectivity index (χ2n) is 4.82. The van der Waals surface area contributed by atoms with E-state index in [0.29, 0.717) is 6.54 Å². The molecule has 19 heavy (non-hydrogen) atoms. The number of fused-ring (bicyclic) bond motifs is 1. The van der Waals surface area contributed by atoms with Crippen LogP contribution in [0.3, 0.4) is 0 Å². The Hall–Kier alpha value is -0.540. The second kappa shape index (κ2) is 5.84. The Bertz CT molecular complexity index is 550. The fourth-order valence-corrected chi connectivity index (χ4v) is 4.25. The third-order valence-electron chi connectivity index (χ3n) is 3.46. The molecule has 0 saturated heterocycles. The molecule has 0 spiro atoms. The van der Waals surface area contributed by atoms with Crippen LogP contribution < -0.4 is 5.32 Å². The molecular formula is C15H15Cl2NS. The number of rotatable bonds is 4. The molecule has 2 aromatic rings. The van der Waals surface area contributed by atoms with Gasteiger partial charge in [0.05, 0.1) is 0 Å². The summed E-state index contributed by atoms with van der Waals surface area (Å²) in [6.45, 7) is 1.60. The number of benzene rings is 1. The number of aryl methyl sites for hydroxylation is 2. The van der Waals surface area contributed by atoms with Crippen LogP contribution in [-0.2, 0) is 25.9 Å². The summed E-state index contributed by atoms with van der Waals surface area (Å²) in [5.41, 5.74) is 2.53. The van der Waals surface area contributed by atoms with Gasteiger partial charge in [-0.1, -0.05) is 29.3 Å². The van der Waals surface area contributed by atoms with Gasteiger partial charge in [0, 0.05) is 38.5 Å². The lowest BCUT2D eigenvalue weighted by molar-refractivity contribution is 0.700. The first-order chi connectivity index (χ1) is 9.24. The molecular weight excluding hydrogens is 297 g/mol. The maximum atomic E-state index is 6.15. The molecule has 1 aromatic carbocycles. The van der Waals surface area contributed by atoms with Crippen LogP contribution in [-0.4, -0.2) is 0 Å². The minimum atomic E-state index is 0.709. The number of halogens is 2. The maximum absolute atomic E-state index is 6.15. The molecule has 4 heteroatoms. The Morgan fingerprint density at radius 2 is 1.89 bits per heavy atom. The lowest BCUT2D eigenvalue weighted by Crippen LogP contribution is -2.12. The molecule has 0 radical (unpaired) electrons. The first kappa shape index (κ1) is 13.4. The molecule has 1 aliphatic carbocycles. The van der Waals surface area contributed by atoms with E-state index >= 15 is 0 Å². The van der Waals surface area contributed by atoms with Crippen molar-refractivity contribution >= 4 is 34.5 Å². The van der Waals surface area contributed by atoms with Crippen molar-refractivity contribution in [3.63, 3.8) is 0 Å². The van der Waals surface area contributed by atoms with E-state index in [4.69, 9.17) is 23.2 Å². The Kier molecular flexibility index (Phi) is 4.13. The van der Waals surface area contributed by atoms with E-state index in [1.165, 1.54) is 24.1 Å². The highest BCUT2D eigenvalue weighted by Gasteiger charge is 2.14. The van der Waals surface area contributed by atoms with Gasteiger partial charge in [0.25, 0.3) is 0 Å². The number of thiophene rings is 1. The van der Waals surface area contributed by atoms with Gasteiger partial charge in [-0.15, -0.1) is 11.3 Å². The summed E-state index contributed by atoms with van der Waals surface area (Å²) >= 11 is 14.2. The van der Waals surface area contributed by atoms with Crippen LogP contribution in [0, 0.1) is 0 Å².